The van der Waals surface area contributed by atoms with Gasteiger partial charge < -0.3 is 9.64 Å². The summed E-state index contributed by atoms with van der Waals surface area (Å²) in [5.41, 5.74) is 1.29. The Morgan fingerprint density at radius 1 is 1.21 bits per heavy atom. The van der Waals surface area contributed by atoms with Crippen molar-refractivity contribution >= 4 is 12.6 Å². The molecular weight excluding hydrogens is 254 g/mol. The topological polar surface area (TPSA) is 12.5 Å². The second-order valence-electron chi connectivity index (χ2n) is 5.13. The van der Waals surface area contributed by atoms with Crippen molar-refractivity contribution in [3.63, 3.8) is 0 Å². The van der Waals surface area contributed by atoms with E-state index in [1.807, 2.05) is 12.1 Å². The molecule has 0 aromatic heterocycles. The molecular formula is C16H27NOS. The highest BCUT2D eigenvalue weighted by molar-refractivity contribution is 7.80. The van der Waals surface area contributed by atoms with E-state index in [0.717, 1.165) is 24.5 Å². The van der Waals surface area contributed by atoms with Crippen LogP contribution < -0.4 is 4.74 Å². The third-order valence-corrected chi connectivity index (χ3v) is 3.95. The van der Waals surface area contributed by atoms with E-state index in [1.165, 1.54) is 24.8 Å². The van der Waals surface area contributed by atoms with E-state index in [9.17, 15) is 0 Å². The van der Waals surface area contributed by atoms with E-state index in [2.05, 4.69) is 43.6 Å². The normalized spacial score (nSPS) is 12.7. The van der Waals surface area contributed by atoms with Gasteiger partial charge in [0, 0.05) is 6.04 Å². The zero-order valence-corrected chi connectivity index (χ0v) is 13.3. The molecule has 0 heterocycles. The summed E-state index contributed by atoms with van der Waals surface area (Å²) in [5.74, 6) is 2.00. The Bertz CT molecular complexity index is 356. The lowest BCUT2D eigenvalue weighted by atomic mass is 10.0. The number of para-hydroxylation sites is 1. The summed E-state index contributed by atoms with van der Waals surface area (Å²) in [6.45, 7) is 3.44. The number of nitrogens with zero attached hydrogens (tertiary/aromatic N) is 1. The van der Waals surface area contributed by atoms with Gasteiger partial charge in [0.15, 0.2) is 0 Å². The Hall–Kier alpha value is -0.670. The standard InChI is InChI=1S/C16H27NOS/c1-14(17(2)11-7-4-8-12-19)13-15-9-5-6-10-16(15)18-3/h5-6,9-10,14,19H,4,7-8,11-13H2,1-3H3. The third-order valence-electron chi connectivity index (χ3n) is 3.63. The van der Waals surface area contributed by atoms with Gasteiger partial charge in [0.25, 0.3) is 0 Å². The second-order valence-corrected chi connectivity index (χ2v) is 5.58. The van der Waals surface area contributed by atoms with Gasteiger partial charge in [-0.1, -0.05) is 24.6 Å². The maximum Gasteiger partial charge on any atom is 0.122 e. The van der Waals surface area contributed by atoms with Gasteiger partial charge in [0.05, 0.1) is 7.11 Å². The fraction of sp³-hybridized carbons (Fsp3) is 0.625. The van der Waals surface area contributed by atoms with Crippen molar-refractivity contribution in [1.82, 2.24) is 4.90 Å². The number of thiol groups is 1. The summed E-state index contributed by atoms with van der Waals surface area (Å²) < 4.78 is 5.41. The highest BCUT2D eigenvalue weighted by Gasteiger charge is 2.12. The molecule has 3 heteroatoms. The molecule has 0 aliphatic carbocycles. The van der Waals surface area contributed by atoms with Crippen LogP contribution in [0.5, 0.6) is 5.75 Å². The lowest BCUT2D eigenvalue weighted by Gasteiger charge is -2.25. The first kappa shape index (κ1) is 16.4. The molecule has 0 aliphatic rings. The van der Waals surface area contributed by atoms with Crippen molar-refractivity contribution in [3.05, 3.63) is 29.8 Å². The molecule has 0 amide bonds. The van der Waals surface area contributed by atoms with E-state index in [0.29, 0.717) is 6.04 Å². The first-order chi connectivity index (χ1) is 9.19. The average Bonchev–Trinajstić information content (AvgIpc) is 2.44. The minimum atomic E-state index is 0.535. The lowest BCUT2D eigenvalue weighted by Crippen LogP contribution is -2.31. The van der Waals surface area contributed by atoms with Crippen molar-refractivity contribution < 1.29 is 4.74 Å². The van der Waals surface area contributed by atoms with Crippen molar-refractivity contribution in [2.75, 3.05) is 26.5 Å². The predicted molar refractivity (Wildman–Crippen MR) is 86.5 cm³/mol. The van der Waals surface area contributed by atoms with Crippen LogP contribution in [0.1, 0.15) is 31.7 Å². The smallest absolute Gasteiger partial charge is 0.122 e. The first-order valence-electron chi connectivity index (χ1n) is 7.12. The first-order valence-corrected chi connectivity index (χ1v) is 7.75. The summed E-state index contributed by atoms with van der Waals surface area (Å²) >= 11 is 4.25. The fourth-order valence-corrected chi connectivity index (χ4v) is 2.44. The van der Waals surface area contributed by atoms with Gasteiger partial charge in [0.1, 0.15) is 5.75 Å². The van der Waals surface area contributed by atoms with Crippen LogP contribution in [-0.4, -0.2) is 37.4 Å². The molecule has 19 heavy (non-hydrogen) atoms. The van der Waals surface area contributed by atoms with Gasteiger partial charge in [-0.3, -0.25) is 0 Å². The summed E-state index contributed by atoms with van der Waals surface area (Å²) in [6, 6.07) is 8.83. The summed E-state index contributed by atoms with van der Waals surface area (Å²) in [7, 11) is 3.95. The number of ether oxygens (including phenoxy) is 1. The van der Waals surface area contributed by atoms with Gasteiger partial charge in [0.2, 0.25) is 0 Å². The van der Waals surface area contributed by atoms with Gasteiger partial charge >= 0.3 is 0 Å². The minimum Gasteiger partial charge on any atom is -0.496 e. The zero-order valence-electron chi connectivity index (χ0n) is 12.4. The van der Waals surface area contributed by atoms with Crippen LogP contribution in [0.25, 0.3) is 0 Å². The minimum absolute atomic E-state index is 0.535. The summed E-state index contributed by atoms with van der Waals surface area (Å²) in [5, 5.41) is 0. The molecule has 0 spiro atoms. The molecule has 1 atom stereocenters. The van der Waals surface area contributed by atoms with Crippen LogP contribution in [0, 0.1) is 0 Å². The van der Waals surface area contributed by atoms with E-state index in [-0.39, 0.29) is 0 Å². The van der Waals surface area contributed by atoms with Gasteiger partial charge in [-0.25, -0.2) is 0 Å². The molecule has 1 aromatic carbocycles. The summed E-state index contributed by atoms with van der Waals surface area (Å²) in [4.78, 5) is 2.44. The van der Waals surface area contributed by atoms with Gasteiger partial charge in [-0.15, -0.1) is 0 Å². The molecule has 0 saturated heterocycles. The predicted octanol–water partition coefficient (Wildman–Crippen LogP) is 3.66. The molecule has 1 rings (SSSR count). The zero-order chi connectivity index (χ0) is 14.1. The fourth-order valence-electron chi connectivity index (χ4n) is 2.22. The highest BCUT2D eigenvalue weighted by atomic mass is 32.1. The van der Waals surface area contributed by atoms with Crippen LogP contribution in [0.4, 0.5) is 0 Å². The largest absolute Gasteiger partial charge is 0.496 e. The van der Waals surface area contributed by atoms with Crippen molar-refractivity contribution in [3.8, 4) is 5.75 Å². The Morgan fingerprint density at radius 3 is 2.63 bits per heavy atom. The number of likely N-dealkylation sites (N-methyl/N-ethyl adjacent to an activating group) is 1. The maximum atomic E-state index is 5.41. The number of methoxy groups -OCH3 is 1. The monoisotopic (exact) mass is 281 g/mol. The SMILES string of the molecule is COc1ccccc1CC(C)N(C)CCCCCS. The molecule has 0 aliphatic heterocycles. The molecule has 0 radical (unpaired) electrons. The molecule has 0 fully saturated rings. The number of unbranched alkanes of at least 4 members (excludes halogenated alkanes) is 2. The molecule has 1 unspecified atom stereocenters. The van der Waals surface area contributed by atoms with Crippen LogP contribution in [0.2, 0.25) is 0 Å². The van der Waals surface area contributed by atoms with Crippen LogP contribution in [-0.2, 0) is 6.42 Å². The number of benzene rings is 1. The van der Waals surface area contributed by atoms with Crippen molar-refractivity contribution in [2.24, 2.45) is 0 Å². The maximum absolute atomic E-state index is 5.41. The summed E-state index contributed by atoms with van der Waals surface area (Å²) in [6.07, 6.45) is 4.79. The molecule has 108 valence electrons. The van der Waals surface area contributed by atoms with Crippen molar-refractivity contribution in [1.29, 1.82) is 0 Å². The Morgan fingerprint density at radius 2 is 1.95 bits per heavy atom. The van der Waals surface area contributed by atoms with E-state index in [4.69, 9.17) is 4.74 Å². The molecule has 2 nitrogen and oxygen atoms in total. The molecule has 0 bridgehead atoms. The van der Waals surface area contributed by atoms with Gasteiger partial charge in [-0.05, 0) is 57.2 Å². The van der Waals surface area contributed by atoms with Gasteiger partial charge in [-0.2, -0.15) is 12.6 Å². The molecule has 1 aromatic rings. The quantitative estimate of drug-likeness (QED) is 0.548. The molecule has 0 N–H and O–H groups in total. The Balaban J connectivity index is 2.42. The van der Waals surface area contributed by atoms with E-state index >= 15 is 0 Å². The molecule has 0 saturated carbocycles. The average molecular weight is 281 g/mol. The van der Waals surface area contributed by atoms with Crippen LogP contribution >= 0.6 is 12.6 Å². The second kappa shape index (κ2) is 9.27. The highest BCUT2D eigenvalue weighted by Crippen LogP contribution is 2.20. The van der Waals surface area contributed by atoms with Crippen molar-refractivity contribution in [2.45, 2.75) is 38.6 Å². The van der Waals surface area contributed by atoms with Crippen LogP contribution in [0.3, 0.4) is 0 Å². The Labute approximate surface area is 123 Å². The van der Waals surface area contributed by atoms with E-state index in [1.54, 1.807) is 7.11 Å². The number of hydrogen-bond donors (Lipinski definition) is 1. The number of rotatable bonds is 9. The third kappa shape index (κ3) is 5.87. The van der Waals surface area contributed by atoms with Crippen LogP contribution in [0.15, 0.2) is 24.3 Å². The van der Waals surface area contributed by atoms with E-state index < -0.39 is 0 Å². The number of hydrogen-bond acceptors (Lipinski definition) is 3. The lowest BCUT2D eigenvalue weighted by molar-refractivity contribution is 0.249. The Kier molecular flexibility index (Phi) is 7.99.